The minimum absolute atomic E-state index is 0.00987. The average molecular weight is 428 g/mol. The van der Waals surface area contributed by atoms with Gasteiger partial charge in [0.15, 0.2) is 0 Å². The fraction of sp³-hybridized carbons (Fsp3) is 0.190. The maximum absolute atomic E-state index is 12.9. The molecule has 0 saturated heterocycles. The Balaban J connectivity index is 1.57. The van der Waals surface area contributed by atoms with Crippen molar-refractivity contribution in [1.29, 1.82) is 0 Å². The standard InChI is InChI=1S/C21H21FN4O3S/c1-14-20(21(29)26(25(14)2)17-6-4-3-5-7-17)24-19(28)13-30-12-18(27)23-16-10-8-15(22)9-11-16/h3-11H,12-13H2,1-2H3,(H,23,27)(H,24,28). The number of benzene rings is 2. The summed E-state index contributed by atoms with van der Waals surface area (Å²) in [6, 6.07) is 14.6. The second-order valence-electron chi connectivity index (χ2n) is 6.53. The Bertz CT molecular complexity index is 1110. The first-order chi connectivity index (χ1) is 14.4. The molecule has 3 rings (SSSR count). The van der Waals surface area contributed by atoms with Crippen LogP contribution in [0, 0.1) is 12.7 Å². The Morgan fingerprint density at radius 1 is 0.967 bits per heavy atom. The van der Waals surface area contributed by atoms with Crippen LogP contribution in [0.2, 0.25) is 0 Å². The number of carbonyl (C=O) groups excluding carboxylic acids is 2. The van der Waals surface area contributed by atoms with Crippen LogP contribution in [0.15, 0.2) is 59.4 Å². The summed E-state index contributed by atoms with van der Waals surface area (Å²) in [4.78, 5) is 37.0. The van der Waals surface area contributed by atoms with Gasteiger partial charge in [-0.1, -0.05) is 18.2 Å². The summed E-state index contributed by atoms with van der Waals surface area (Å²) in [6.45, 7) is 1.75. The van der Waals surface area contributed by atoms with Gasteiger partial charge in [-0.3, -0.25) is 19.1 Å². The number of anilines is 2. The smallest absolute Gasteiger partial charge is 0.295 e. The van der Waals surface area contributed by atoms with Crippen LogP contribution in [0.4, 0.5) is 15.8 Å². The number of nitrogens with one attached hydrogen (secondary N) is 2. The number of halogens is 1. The molecule has 0 unspecified atom stereocenters. The van der Waals surface area contributed by atoms with Gasteiger partial charge in [-0.2, -0.15) is 0 Å². The van der Waals surface area contributed by atoms with Crippen LogP contribution >= 0.6 is 11.8 Å². The van der Waals surface area contributed by atoms with Crippen LogP contribution in [0.3, 0.4) is 0 Å². The van der Waals surface area contributed by atoms with Gasteiger partial charge in [-0.05, 0) is 43.3 Å². The number of thioether (sulfide) groups is 1. The van der Waals surface area contributed by atoms with E-state index in [1.54, 1.807) is 18.7 Å². The molecule has 0 aliphatic carbocycles. The zero-order valence-corrected chi connectivity index (χ0v) is 17.3. The molecular weight excluding hydrogens is 407 g/mol. The number of hydrogen-bond acceptors (Lipinski definition) is 4. The summed E-state index contributed by atoms with van der Waals surface area (Å²) >= 11 is 1.12. The topological polar surface area (TPSA) is 85.1 Å². The van der Waals surface area contributed by atoms with Crippen molar-refractivity contribution in [2.45, 2.75) is 6.92 Å². The average Bonchev–Trinajstić information content (AvgIpc) is 2.93. The summed E-state index contributed by atoms with van der Waals surface area (Å²) in [5, 5.41) is 5.28. The molecule has 7 nitrogen and oxygen atoms in total. The number of carbonyl (C=O) groups is 2. The first-order valence-electron chi connectivity index (χ1n) is 9.14. The van der Waals surface area contributed by atoms with Gasteiger partial charge in [0.1, 0.15) is 11.5 Å². The lowest BCUT2D eigenvalue weighted by molar-refractivity contribution is -0.114. The first kappa shape index (κ1) is 21.4. The van der Waals surface area contributed by atoms with E-state index in [-0.39, 0.29) is 40.4 Å². The molecule has 3 aromatic rings. The first-order valence-corrected chi connectivity index (χ1v) is 10.3. The van der Waals surface area contributed by atoms with Crippen LogP contribution in [0.25, 0.3) is 5.69 Å². The van der Waals surface area contributed by atoms with Crippen molar-refractivity contribution in [1.82, 2.24) is 9.36 Å². The Hall–Kier alpha value is -3.33. The van der Waals surface area contributed by atoms with E-state index in [1.807, 2.05) is 30.3 Å². The number of para-hydroxylation sites is 1. The Labute approximate surface area is 176 Å². The van der Waals surface area contributed by atoms with E-state index in [0.717, 1.165) is 11.8 Å². The Morgan fingerprint density at radius 3 is 2.20 bits per heavy atom. The van der Waals surface area contributed by atoms with Crippen LogP contribution in [0.1, 0.15) is 5.69 Å². The van der Waals surface area contributed by atoms with E-state index in [2.05, 4.69) is 10.6 Å². The van der Waals surface area contributed by atoms with Crippen molar-refractivity contribution < 1.29 is 14.0 Å². The Kier molecular flexibility index (Phi) is 6.73. The highest BCUT2D eigenvalue weighted by molar-refractivity contribution is 8.00. The number of rotatable bonds is 7. The summed E-state index contributed by atoms with van der Waals surface area (Å²) in [5.41, 5.74) is 1.68. The van der Waals surface area contributed by atoms with Crippen molar-refractivity contribution in [3.05, 3.63) is 76.5 Å². The zero-order chi connectivity index (χ0) is 21.7. The van der Waals surface area contributed by atoms with Gasteiger partial charge < -0.3 is 10.6 Å². The molecule has 9 heteroatoms. The van der Waals surface area contributed by atoms with Crippen LogP contribution in [-0.4, -0.2) is 32.7 Å². The molecule has 0 aliphatic heterocycles. The quantitative estimate of drug-likeness (QED) is 0.606. The minimum Gasteiger partial charge on any atom is -0.325 e. The van der Waals surface area contributed by atoms with Gasteiger partial charge in [-0.25, -0.2) is 9.07 Å². The molecule has 30 heavy (non-hydrogen) atoms. The van der Waals surface area contributed by atoms with E-state index >= 15 is 0 Å². The minimum atomic E-state index is -0.387. The zero-order valence-electron chi connectivity index (χ0n) is 16.5. The van der Waals surface area contributed by atoms with Crippen molar-refractivity contribution in [3.63, 3.8) is 0 Å². The molecular formula is C21H21FN4O3S. The number of amides is 2. The molecule has 0 spiro atoms. The van der Waals surface area contributed by atoms with Crippen molar-refractivity contribution in [3.8, 4) is 5.69 Å². The van der Waals surface area contributed by atoms with E-state index < -0.39 is 0 Å². The lowest BCUT2D eigenvalue weighted by Gasteiger charge is -2.07. The molecule has 1 aromatic heterocycles. The van der Waals surface area contributed by atoms with Gasteiger partial charge in [0.05, 0.1) is 22.9 Å². The summed E-state index contributed by atoms with van der Waals surface area (Å²) < 4.78 is 16.0. The lowest BCUT2D eigenvalue weighted by atomic mass is 10.3. The SMILES string of the molecule is Cc1c(NC(=O)CSCC(=O)Nc2ccc(F)cc2)c(=O)n(-c2ccccc2)n1C. The predicted octanol–water partition coefficient (Wildman–Crippen LogP) is 2.93. The fourth-order valence-corrected chi connectivity index (χ4v) is 3.47. The van der Waals surface area contributed by atoms with Crippen molar-refractivity contribution >= 4 is 35.0 Å². The van der Waals surface area contributed by atoms with E-state index in [1.165, 1.54) is 28.9 Å². The molecule has 156 valence electrons. The number of aromatic nitrogens is 2. The second kappa shape index (κ2) is 9.45. The van der Waals surface area contributed by atoms with Crippen LogP contribution < -0.4 is 16.2 Å². The maximum Gasteiger partial charge on any atom is 0.295 e. The predicted molar refractivity (Wildman–Crippen MR) is 117 cm³/mol. The van der Waals surface area contributed by atoms with Gasteiger partial charge in [0.2, 0.25) is 11.8 Å². The third-order valence-corrected chi connectivity index (χ3v) is 5.35. The third-order valence-electron chi connectivity index (χ3n) is 4.41. The van der Waals surface area contributed by atoms with E-state index in [4.69, 9.17) is 0 Å². The lowest BCUT2D eigenvalue weighted by Crippen LogP contribution is -2.24. The van der Waals surface area contributed by atoms with Gasteiger partial charge in [-0.15, -0.1) is 11.8 Å². The molecule has 0 bridgehead atoms. The molecule has 0 fully saturated rings. The van der Waals surface area contributed by atoms with Crippen LogP contribution in [0.5, 0.6) is 0 Å². The van der Waals surface area contributed by atoms with E-state index in [9.17, 15) is 18.8 Å². The largest absolute Gasteiger partial charge is 0.325 e. The summed E-state index contributed by atoms with van der Waals surface area (Å²) in [6.07, 6.45) is 0. The molecule has 0 aliphatic rings. The molecule has 2 aromatic carbocycles. The van der Waals surface area contributed by atoms with Crippen molar-refractivity contribution in [2.24, 2.45) is 7.05 Å². The summed E-state index contributed by atoms with van der Waals surface area (Å²) in [5.74, 6) is -1.01. The fourth-order valence-electron chi connectivity index (χ4n) is 2.85. The molecule has 1 heterocycles. The van der Waals surface area contributed by atoms with Gasteiger partial charge in [0, 0.05) is 12.7 Å². The monoisotopic (exact) mass is 428 g/mol. The third kappa shape index (κ3) is 4.98. The number of nitrogens with zero attached hydrogens (tertiary/aromatic N) is 2. The summed E-state index contributed by atoms with van der Waals surface area (Å²) in [7, 11) is 1.74. The van der Waals surface area contributed by atoms with Gasteiger partial charge >= 0.3 is 0 Å². The molecule has 0 saturated carbocycles. The van der Waals surface area contributed by atoms with E-state index in [0.29, 0.717) is 17.1 Å². The molecule has 0 atom stereocenters. The highest BCUT2D eigenvalue weighted by atomic mass is 32.2. The molecule has 0 radical (unpaired) electrons. The molecule has 2 amide bonds. The highest BCUT2D eigenvalue weighted by Crippen LogP contribution is 2.15. The van der Waals surface area contributed by atoms with Crippen LogP contribution in [-0.2, 0) is 16.6 Å². The van der Waals surface area contributed by atoms with Gasteiger partial charge in [0.25, 0.3) is 5.56 Å². The number of hydrogen-bond donors (Lipinski definition) is 2. The highest BCUT2D eigenvalue weighted by Gasteiger charge is 2.18. The van der Waals surface area contributed by atoms with Crippen molar-refractivity contribution in [2.75, 3.05) is 22.1 Å². The Morgan fingerprint density at radius 2 is 1.57 bits per heavy atom. The normalized spacial score (nSPS) is 10.6. The maximum atomic E-state index is 12.9. The second-order valence-corrected chi connectivity index (χ2v) is 7.52. The molecule has 2 N–H and O–H groups in total.